The first-order valence-electron chi connectivity index (χ1n) is 10.0. The van der Waals surface area contributed by atoms with Crippen LogP contribution in [0, 0.1) is 20.8 Å². The first kappa shape index (κ1) is 24.8. The summed E-state index contributed by atoms with van der Waals surface area (Å²) < 4.78 is 27.6. The van der Waals surface area contributed by atoms with Crippen LogP contribution >= 0.6 is 23.2 Å². The maximum absolute atomic E-state index is 13.3. The number of hydrogen-bond donors (Lipinski definition) is 1. The average Bonchev–Trinajstić information content (AvgIpc) is 2.80. The van der Waals surface area contributed by atoms with Gasteiger partial charge in [0.25, 0.3) is 15.9 Å². The third-order valence-electron chi connectivity index (χ3n) is 5.30. The molecule has 0 atom stereocenters. The van der Waals surface area contributed by atoms with Crippen molar-refractivity contribution >= 4 is 51.0 Å². The zero-order valence-corrected chi connectivity index (χ0v) is 20.7. The zero-order chi connectivity index (χ0) is 24.2. The summed E-state index contributed by atoms with van der Waals surface area (Å²) in [7, 11) is -4.05. The maximum Gasteiger partial charge on any atom is 0.264 e. The number of halogens is 2. The molecular weight excluding hydrogens is 481 g/mol. The van der Waals surface area contributed by atoms with Crippen LogP contribution < -0.4 is 9.73 Å². The molecule has 1 amide bonds. The van der Waals surface area contributed by atoms with E-state index < -0.39 is 22.5 Å². The molecule has 6 nitrogen and oxygen atoms in total. The van der Waals surface area contributed by atoms with Gasteiger partial charge in [-0.15, -0.1) is 0 Å². The molecule has 0 aliphatic carbocycles. The van der Waals surface area contributed by atoms with Crippen LogP contribution in [0.5, 0.6) is 0 Å². The minimum absolute atomic E-state index is 0.0399. The van der Waals surface area contributed by atoms with Crippen molar-refractivity contribution in [1.82, 2.24) is 5.43 Å². The van der Waals surface area contributed by atoms with Crippen molar-refractivity contribution in [2.75, 3.05) is 10.8 Å². The number of nitrogens with one attached hydrogen (secondary N) is 1. The first-order valence-corrected chi connectivity index (χ1v) is 12.2. The van der Waals surface area contributed by atoms with E-state index in [1.54, 1.807) is 18.2 Å². The second-order valence-corrected chi connectivity index (χ2v) is 10.1. The van der Waals surface area contributed by atoms with Gasteiger partial charge in [-0.1, -0.05) is 53.5 Å². The molecule has 3 aromatic rings. The monoisotopic (exact) mass is 503 g/mol. The van der Waals surface area contributed by atoms with Crippen LogP contribution in [0.3, 0.4) is 0 Å². The third kappa shape index (κ3) is 5.74. The number of hydrazone groups is 1. The van der Waals surface area contributed by atoms with Crippen molar-refractivity contribution in [1.29, 1.82) is 0 Å². The van der Waals surface area contributed by atoms with Crippen LogP contribution in [0.1, 0.15) is 22.3 Å². The van der Waals surface area contributed by atoms with Crippen molar-refractivity contribution in [2.24, 2.45) is 5.10 Å². The van der Waals surface area contributed by atoms with E-state index in [1.807, 2.05) is 32.9 Å². The summed E-state index contributed by atoms with van der Waals surface area (Å²) in [6, 6.07) is 16.1. The average molecular weight is 504 g/mol. The molecule has 33 heavy (non-hydrogen) atoms. The highest BCUT2D eigenvalue weighted by Gasteiger charge is 2.27. The van der Waals surface area contributed by atoms with E-state index >= 15 is 0 Å². The van der Waals surface area contributed by atoms with Crippen molar-refractivity contribution in [3.05, 3.63) is 93.0 Å². The van der Waals surface area contributed by atoms with E-state index in [0.717, 1.165) is 26.6 Å². The highest BCUT2D eigenvalue weighted by atomic mass is 35.5. The lowest BCUT2D eigenvalue weighted by atomic mass is 10.00. The van der Waals surface area contributed by atoms with Crippen LogP contribution in [0.4, 0.5) is 5.69 Å². The molecular formula is C24H23Cl2N3O3S. The fraction of sp³-hybridized carbons (Fsp3) is 0.167. The van der Waals surface area contributed by atoms with Gasteiger partial charge in [-0.3, -0.25) is 9.10 Å². The summed E-state index contributed by atoms with van der Waals surface area (Å²) in [6.45, 7) is 5.52. The molecule has 0 aromatic heterocycles. The summed E-state index contributed by atoms with van der Waals surface area (Å²) >= 11 is 12.1. The van der Waals surface area contributed by atoms with E-state index in [2.05, 4.69) is 10.5 Å². The van der Waals surface area contributed by atoms with E-state index in [9.17, 15) is 13.2 Å². The van der Waals surface area contributed by atoms with Gasteiger partial charge in [0.2, 0.25) is 0 Å². The molecule has 0 unspecified atom stereocenters. The lowest BCUT2D eigenvalue weighted by Gasteiger charge is -2.24. The fourth-order valence-electron chi connectivity index (χ4n) is 3.13. The highest BCUT2D eigenvalue weighted by molar-refractivity contribution is 7.92. The fourth-order valence-corrected chi connectivity index (χ4v) is 4.86. The largest absolute Gasteiger partial charge is 0.271 e. The van der Waals surface area contributed by atoms with Crippen LogP contribution in [-0.4, -0.2) is 27.1 Å². The third-order valence-corrected chi connectivity index (χ3v) is 7.83. The van der Waals surface area contributed by atoms with Crippen molar-refractivity contribution < 1.29 is 13.2 Å². The molecule has 0 aliphatic rings. The number of aryl methyl sites for hydroxylation is 1. The summed E-state index contributed by atoms with van der Waals surface area (Å²) in [4.78, 5) is 12.7. The zero-order valence-electron chi connectivity index (χ0n) is 18.3. The smallest absolute Gasteiger partial charge is 0.264 e. The Bertz CT molecular complexity index is 1310. The lowest BCUT2D eigenvalue weighted by Crippen LogP contribution is -2.39. The standard InChI is InChI=1S/C24H23Cl2N3O3S/c1-16-9-10-19(18(3)17(16)2)14-27-28-24(30)15-29(20-11-12-22(25)23(26)13-20)33(31,32)21-7-5-4-6-8-21/h4-14H,15H2,1-3H3,(H,28,30)/b27-14-. The minimum Gasteiger partial charge on any atom is -0.271 e. The van der Waals surface area contributed by atoms with Gasteiger partial charge in [0.1, 0.15) is 6.54 Å². The maximum atomic E-state index is 13.3. The number of benzene rings is 3. The van der Waals surface area contributed by atoms with Crippen LogP contribution in [0.2, 0.25) is 10.0 Å². The van der Waals surface area contributed by atoms with Crippen molar-refractivity contribution in [3.8, 4) is 0 Å². The number of carbonyl (C=O) groups excluding carboxylic acids is 1. The predicted molar refractivity (Wildman–Crippen MR) is 134 cm³/mol. The molecule has 0 bridgehead atoms. The summed E-state index contributed by atoms with van der Waals surface area (Å²) in [5.41, 5.74) is 6.83. The summed E-state index contributed by atoms with van der Waals surface area (Å²) in [5, 5.41) is 4.46. The van der Waals surface area contributed by atoms with Crippen molar-refractivity contribution in [3.63, 3.8) is 0 Å². The SMILES string of the molecule is Cc1ccc(/C=N\NC(=O)CN(c2ccc(Cl)c(Cl)c2)S(=O)(=O)c2ccccc2)c(C)c1C. The molecule has 0 fully saturated rings. The topological polar surface area (TPSA) is 78.8 Å². The molecule has 0 saturated heterocycles. The van der Waals surface area contributed by atoms with Gasteiger partial charge in [0.15, 0.2) is 0 Å². The second kappa shape index (κ2) is 10.4. The van der Waals surface area contributed by atoms with Gasteiger partial charge in [-0.2, -0.15) is 5.10 Å². The van der Waals surface area contributed by atoms with Crippen LogP contribution in [0.25, 0.3) is 0 Å². The molecule has 0 aliphatic heterocycles. The second-order valence-electron chi connectivity index (χ2n) is 7.44. The van der Waals surface area contributed by atoms with E-state index in [-0.39, 0.29) is 20.6 Å². The Kier molecular flexibility index (Phi) is 7.79. The van der Waals surface area contributed by atoms with E-state index in [4.69, 9.17) is 23.2 Å². The number of amides is 1. The minimum atomic E-state index is -4.05. The first-order chi connectivity index (χ1) is 15.6. The number of nitrogens with zero attached hydrogens (tertiary/aromatic N) is 2. The predicted octanol–water partition coefficient (Wildman–Crippen LogP) is 5.26. The van der Waals surface area contributed by atoms with Crippen molar-refractivity contribution in [2.45, 2.75) is 25.7 Å². The van der Waals surface area contributed by atoms with E-state index in [1.165, 1.54) is 36.5 Å². The summed E-state index contributed by atoms with van der Waals surface area (Å²) in [5.74, 6) is -0.613. The Balaban J connectivity index is 1.86. The van der Waals surface area contributed by atoms with Gasteiger partial charge in [-0.05, 0) is 73.4 Å². The molecule has 1 N–H and O–H groups in total. The molecule has 3 rings (SSSR count). The molecule has 0 heterocycles. The number of sulfonamides is 1. The van der Waals surface area contributed by atoms with Gasteiger partial charge >= 0.3 is 0 Å². The number of carbonyl (C=O) groups is 1. The van der Waals surface area contributed by atoms with E-state index in [0.29, 0.717) is 0 Å². The molecule has 0 saturated carbocycles. The molecule has 0 radical (unpaired) electrons. The van der Waals surface area contributed by atoms with Gasteiger partial charge in [0, 0.05) is 0 Å². The van der Waals surface area contributed by atoms with Gasteiger partial charge in [0.05, 0.1) is 26.8 Å². The summed E-state index contributed by atoms with van der Waals surface area (Å²) in [6.07, 6.45) is 1.54. The molecule has 9 heteroatoms. The lowest BCUT2D eigenvalue weighted by molar-refractivity contribution is -0.119. The van der Waals surface area contributed by atoms with Crippen LogP contribution in [-0.2, 0) is 14.8 Å². The Hall–Kier alpha value is -2.87. The normalized spacial score (nSPS) is 11.5. The number of rotatable bonds is 7. The number of anilines is 1. The Morgan fingerprint density at radius 2 is 1.67 bits per heavy atom. The Labute approximate surface area is 203 Å². The Morgan fingerprint density at radius 3 is 2.33 bits per heavy atom. The van der Waals surface area contributed by atoms with Gasteiger partial charge < -0.3 is 0 Å². The highest BCUT2D eigenvalue weighted by Crippen LogP contribution is 2.30. The van der Waals surface area contributed by atoms with Crippen LogP contribution in [0.15, 0.2) is 70.7 Å². The Morgan fingerprint density at radius 1 is 0.970 bits per heavy atom. The number of hydrogen-bond acceptors (Lipinski definition) is 4. The van der Waals surface area contributed by atoms with Gasteiger partial charge in [-0.25, -0.2) is 13.8 Å². The quantitative estimate of drug-likeness (QED) is 0.352. The molecule has 172 valence electrons. The molecule has 0 spiro atoms. The molecule has 3 aromatic carbocycles.